The van der Waals surface area contributed by atoms with E-state index in [1.54, 1.807) is 6.92 Å². The molecule has 0 aromatic heterocycles. The summed E-state index contributed by atoms with van der Waals surface area (Å²) < 4.78 is 16.3. The summed E-state index contributed by atoms with van der Waals surface area (Å²) in [7, 11) is 0. The molecule has 0 spiro atoms. The molecule has 1 rings (SSSR count). The minimum Gasteiger partial charge on any atom is -0.412 e. The molecule has 0 aromatic carbocycles. The van der Waals surface area contributed by atoms with Crippen molar-refractivity contribution in [3.63, 3.8) is 0 Å². The summed E-state index contributed by atoms with van der Waals surface area (Å²) >= 11 is 0. The third-order valence-electron chi connectivity index (χ3n) is 3.42. The zero-order valence-corrected chi connectivity index (χ0v) is 16.9. The number of hydrogen-bond donors (Lipinski definition) is 2. The van der Waals surface area contributed by atoms with Gasteiger partial charge in [-0.2, -0.15) is 9.90 Å². The lowest BCUT2D eigenvalue weighted by Crippen LogP contribution is -2.24. The van der Waals surface area contributed by atoms with Crippen molar-refractivity contribution < 1.29 is 36.1 Å². The van der Waals surface area contributed by atoms with E-state index in [1.807, 2.05) is 13.8 Å². The lowest BCUT2D eigenvalue weighted by molar-refractivity contribution is -0.141. The van der Waals surface area contributed by atoms with Crippen LogP contribution in [-0.4, -0.2) is 65.9 Å². The molecule has 148 valence electrons. The molecule has 0 saturated carbocycles. The van der Waals surface area contributed by atoms with Crippen LogP contribution in [-0.2, 0) is 19.0 Å². The Kier molecular flexibility index (Phi) is 21.1. The molecule has 1 fully saturated rings. The van der Waals surface area contributed by atoms with Crippen LogP contribution in [0.1, 0.15) is 54.8 Å². The van der Waals surface area contributed by atoms with Crippen molar-refractivity contribution in [3.8, 4) is 0 Å². The van der Waals surface area contributed by atoms with Crippen LogP contribution in [0.2, 0.25) is 0 Å². The molecule has 8 heteroatoms. The number of epoxide rings is 1. The monoisotopic (exact) mass is 373 g/mol. The number of rotatable bonds is 11. The average molecular weight is 373 g/mol. The number of carbonyl (C=O) groups is 1. The molecular weight excluding hydrogens is 335 g/mol. The van der Waals surface area contributed by atoms with Crippen LogP contribution in [0.5, 0.6) is 0 Å². The molecular formula is C16H38O7P+. The first-order chi connectivity index (χ1) is 10.5. The number of carbonyl (C=O) groups excluding carboxylic acids is 1. The summed E-state index contributed by atoms with van der Waals surface area (Å²) in [6.45, 7) is 9.26. The van der Waals surface area contributed by atoms with Crippen molar-refractivity contribution in [3.05, 3.63) is 0 Å². The van der Waals surface area contributed by atoms with Gasteiger partial charge in [0.2, 0.25) is 0 Å². The molecule has 0 amide bonds. The Balaban J connectivity index is -0.000000166. The first-order valence-corrected chi connectivity index (χ1v) is 8.22. The fraction of sp³-hybridized carbons (Fsp3) is 0.938. The third-order valence-corrected chi connectivity index (χ3v) is 3.42. The Labute approximate surface area is 150 Å². The van der Waals surface area contributed by atoms with Gasteiger partial charge in [-0.3, -0.25) is 0 Å². The first kappa shape index (κ1) is 28.7. The summed E-state index contributed by atoms with van der Waals surface area (Å²) in [6, 6.07) is 0. The SMILES string of the molecule is CCOC(C[C@@H]1OC1CC)OCC.CC[C@H](O)[C@H](O)CC=O.O.P.[H+]. The van der Waals surface area contributed by atoms with Gasteiger partial charge in [-0.25, -0.2) is 0 Å². The van der Waals surface area contributed by atoms with Gasteiger partial charge in [0.05, 0.1) is 24.4 Å². The van der Waals surface area contributed by atoms with Crippen molar-refractivity contribution in [1.82, 2.24) is 0 Å². The molecule has 0 bridgehead atoms. The van der Waals surface area contributed by atoms with Crippen molar-refractivity contribution in [2.45, 2.75) is 84.1 Å². The van der Waals surface area contributed by atoms with Crippen LogP contribution < -0.4 is 0 Å². The molecule has 0 radical (unpaired) electrons. The summed E-state index contributed by atoms with van der Waals surface area (Å²) in [4.78, 5) is 9.76. The Hall–Kier alpha value is -0.140. The summed E-state index contributed by atoms with van der Waals surface area (Å²) in [5.41, 5.74) is 0. The van der Waals surface area contributed by atoms with E-state index in [0.717, 1.165) is 12.8 Å². The number of aliphatic hydroxyl groups excluding tert-OH is 2. The number of hydrogen-bond acceptors (Lipinski definition) is 6. The summed E-state index contributed by atoms with van der Waals surface area (Å²) in [5, 5.41) is 17.7. The van der Waals surface area contributed by atoms with Gasteiger partial charge in [0.25, 0.3) is 0 Å². The highest BCUT2D eigenvalue weighted by Crippen LogP contribution is 2.29. The highest BCUT2D eigenvalue weighted by Gasteiger charge is 2.38. The van der Waals surface area contributed by atoms with Crippen LogP contribution in [0.15, 0.2) is 0 Å². The highest BCUT2D eigenvalue weighted by atomic mass is 31.0. The van der Waals surface area contributed by atoms with Crippen LogP contribution >= 0.6 is 9.90 Å². The van der Waals surface area contributed by atoms with E-state index in [9.17, 15) is 4.79 Å². The molecule has 5 atom stereocenters. The van der Waals surface area contributed by atoms with E-state index in [0.29, 0.717) is 38.1 Å². The molecule has 1 heterocycles. The number of aldehydes is 1. The van der Waals surface area contributed by atoms with Gasteiger partial charge in [0, 0.05) is 26.1 Å². The summed E-state index contributed by atoms with van der Waals surface area (Å²) in [5.74, 6) is 0. The van der Waals surface area contributed by atoms with Crippen LogP contribution in [0.25, 0.3) is 0 Å². The van der Waals surface area contributed by atoms with E-state index >= 15 is 0 Å². The second-order valence-corrected chi connectivity index (χ2v) is 5.14. The number of aliphatic hydroxyl groups is 2. The first-order valence-electron chi connectivity index (χ1n) is 8.22. The fourth-order valence-corrected chi connectivity index (χ4v) is 2.02. The topological polar surface area (TPSA) is 120 Å². The van der Waals surface area contributed by atoms with Gasteiger partial charge >= 0.3 is 1.43 Å². The predicted octanol–water partition coefficient (Wildman–Crippen LogP) is 1.01. The van der Waals surface area contributed by atoms with Gasteiger partial charge in [0.1, 0.15) is 6.29 Å². The van der Waals surface area contributed by atoms with Gasteiger partial charge < -0.3 is 34.7 Å². The third kappa shape index (κ3) is 13.2. The Morgan fingerprint density at radius 3 is 1.96 bits per heavy atom. The molecule has 2 unspecified atom stereocenters. The Morgan fingerprint density at radius 1 is 1.08 bits per heavy atom. The van der Waals surface area contributed by atoms with E-state index in [2.05, 4.69) is 6.92 Å². The van der Waals surface area contributed by atoms with Crippen LogP contribution in [0.4, 0.5) is 0 Å². The molecule has 1 saturated heterocycles. The van der Waals surface area contributed by atoms with Crippen molar-refractivity contribution in [2.24, 2.45) is 0 Å². The Bertz CT molecular complexity index is 281. The van der Waals surface area contributed by atoms with E-state index in [4.69, 9.17) is 24.4 Å². The standard InChI is InChI=1S/C10H20O3.C6H12O3.H2O.H3P/c1-4-8-9(13-8)7-10(11-5-2)12-6-3;1-2-5(8)6(9)3-4-7;;/h8-10H,4-7H2,1-3H3;4-6,8-9H,2-3H2,1H3;1H2;1H3/p+1/t8?,9-;5-,6+;;/m00../s1. The second kappa shape index (κ2) is 17.7. The number of ether oxygens (including phenoxy) is 3. The normalized spacial score (nSPS) is 20.8. The summed E-state index contributed by atoms with van der Waals surface area (Å²) in [6.07, 6.45) is 2.18. The Morgan fingerprint density at radius 2 is 1.62 bits per heavy atom. The average Bonchev–Trinajstić information content (AvgIpc) is 3.26. The van der Waals surface area contributed by atoms with Gasteiger partial charge in [-0.15, -0.1) is 0 Å². The molecule has 4 N–H and O–H groups in total. The fourth-order valence-electron chi connectivity index (χ4n) is 2.02. The molecule has 0 aromatic rings. The van der Waals surface area contributed by atoms with E-state index in [1.165, 1.54) is 0 Å². The maximum Gasteiger partial charge on any atom is 1.00 e. The zero-order chi connectivity index (χ0) is 17.0. The van der Waals surface area contributed by atoms with E-state index < -0.39 is 12.2 Å². The second-order valence-electron chi connectivity index (χ2n) is 5.14. The molecule has 1 aliphatic heterocycles. The lowest BCUT2D eigenvalue weighted by Gasteiger charge is -2.15. The van der Waals surface area contributed by atoms with Gasteiger partial charge in [-0.1, -0.05) is 13.8 Å². The van der Waals surface area contributed by atoms with Crippen LogP contribution in [0, 0.1) is 0 Å². The largest absolute Gasteiger partial charge is 1.00 e. The van der Waals surface area contributed by atoms with Gasteiger partial charge in [-0.05, 0) is 26.7 Å². The minimum atomic E-state index is -0.882. The van der Waals surface area contributed by atoms with Crippen LogP contribution in [0.3, 0.4) is 0 Å². The van der Waals surface area contributed by atoms with E-state index in [-0.39, 0.29) is 29.5 Å². The van der Waals surface area contributed by atoms with Crippen molar-refractivity contribution >= 4 is 16.2 Å². The maximum absolute atomic E-state index is 9.76. The van der Waals surface area contributed by atoms with Gasteiger partial charge in [0.15, 0.2) is 6.29 Å². The van der Waals surface area contributed by atoms with Crippen molar-refractivity contribution in [2.75, 3.05) is 13.2 Å². The highest BCUT2D eigenvalue weighted by molar-refractivity contribution is 6.92. The smallest absolute Gasteiger partial charge is 0.412 e. The maximum atomic E-state index is 9.76. The van der Waals surface area contributed by atoms with Crippen molar-refractivity contribution in [1.29, 1.82) is 0 Å². The quantitative estimate of drug-likeness (QED) is 0.241. The molecule has 1 aliphatic rings. The molecule has 24 heavy (non-hydrogen) atoms. The minimum absolute atomic E-state index is 0. The lowest BCUT2D eigenvalue weighted by atomic mass is 10.1. The molecule has 7 nitrogen and oxygen atoms in total. The zero-order valence-electron chi connectivity index (χ0n) is 16.4. The predicted molar refractivity (Wildman–Crippen MR) is 99.4 cm³/mol. The molecule has 0 aliphatic carbocycles.